The molecule has 1 fully saturated rings. The van der Waals surface area contributed by atoms with Crippen molar-refractivity contribution in [1.82, 2.24) is 15.6 Å². The molecule has 2 N–H and O–H groups in total. The average Bonchev–Trinajstić information content (AvgIpc) is 3.09. The summed E-state index contributed by atoms with van der Waals surface area (Å²) < 4.78 is 5.32. The van der Waals surface area contributed by atoms with E-state index in [0.717, 1.165) is 45.0 Å². The molecule has 0 unspecified atom stereocenters. The number of hydrogen-bond acceptors (Lipinski definition) is 3. The minimum atomic E-state index is 0.333. The van der Waals surface area contributed by atoms with Crippen LogP contribution < -0.4 is 10.6 Å². The zero-order valence-corrected chi connectivity index (χ0v) is 16.1. The Labute approximate surface area is 152 Å². The van der Waals surface area contributed by atoms with E-state index in [1.807, 2.05) is 12.4 Å². The standard InChI is InChI=1S/C20H34N4O/c1-4-22-19(23-13-8-18-7-12-21-15-17(18)2)24-16-20(11-14-25-3)9-5-6-10-20/h7,12,15H,4-6,8-11,13-14,16H2,1-3H3,(H2,22,23,24). The largest absolute Gasteiger partial charge is 0.385 e. The van der Waals surface area contributed by atoms with Gasteiger partial charge in [0.1, 0.15) is 0 Å². The van der Waals surface area contributed by atoms with Crippen LogP contribution in [0.2, 0.25) is 0 Å². The highest BCUT2D eigenvalue weighted by molar-refractivity contribution is 5.79. The molecule has 140 valence electrons. The van der Waals surface area contributed by atoms with Gasteiger partial charge in [0.25, 0.3) is 0 Å². The molecular weight excluding hydrogens is 312 g/mol. The zero-order valence-electron chi connectivity index (χ0n) is 16.1. The van der Waals surface area contributed by atoms with Crippen molar-refractivity contribution in [2.45, 2.75) is 52.4 Å². The summed E-state index contributed by atoms with van der Waals surface area (Å²) in [4.78, 5) is 9.06. The molecule has 0 amide bonds. The monoisotopic (exact) mass is 346 g/mol. The predicted octanol–water partition coefficient (Wildman–Crippen LogP) is 3.08. The number of aromatic nitrogens is 1. The normalized spacial score (nSPS) is 16.8. The van der Waals surface area contributed by atoms with Gasteiger partial charge < -0.3 is 15.4 Å². The van der Waals surface area contributed by atoms with Crippen LogP contribution in [0.3, 0.4) is 0 Å². The maximum absolute atomic E-state index is 5.32. The minimum absolute atomic E-state index is 0.333. The van der Waals surface area contributed by atoms with Gasteiger partial charge in [0, 0.05) is 45.7 Å². The number of aryl methyl sites for hydroxylation is 1. The number of ether oxygens (including phenoxy) is 1. The molecule has 1 aliphatic carbocycles. The molecule has 0 spiro atoms. The lowest BCUT2D eigenvalue weighted by Gasteiger charge is -2.27. The molecule has 1 aromatic rings. The lowest BCUT2D eigenvalue weighted by atomic mass is 9.83. The Kier molecular flexibility index (Phi) is 8.19. The average molecular weight is 347 g/mol. The highest BCUT2D eigenvalue weighted by Crippen LogP contribution is 2.41. The van der Waals surface area contributed by atoms with Gasteiger partial charge in [-0.05, 0) is 62.1 Å². The van der Waals surface area contributed by atoms with Gasteiger partial charge in [-0.3, -0.25) is 9.98 Å². The topological polar surface area (TPSA) is 58.5 Å². The summed E-state index contributed by atoms with van der Waals surface area (Å²) in [5.74, 6) is 0.929. The molecule has 25 heavy (non-hydrogen) atoms. The molecule has 0 radical (unpaired) electrons. The fourth-order valence-electron chi connectivity index (χ4n) is 3.62. The number of pyridine rings is 1. The van der Waals surface area contributed by atoms with Crippen LogP contribution in [0.25, 0.3) is 0 Å². The van der Waals surface area contributed by atoms with Crippen molar-refractivity contribution in [3.8, 4) is 0 Å². The van der Waals surface area contributed by atoms with Crippen molar-refractivity contribution >= 4 is 5.96 Å². The van der Waals surface area contributed by atoms with Gasteiger partial charge in [-0.15, -0.1) is 0 Å². The van der Waals surface area contributed by atoms with Gasteiger partial charge in [-0.2, -0.15) is 0 Å². The predicted molar refractivity (Wildman–Crippen MR) is 104 cm³/mol. The van der Waals surface area contributed by atoms with E-state index in [9.17, 15) is 0 Å². The van der Waals surface area contributed by atoms with E-state index >= 15 is 0 Å². The van der Waals surface area contributed by atoms with Crippen LogP contribution in [0.1, 0.15) is 50.2 Å². The SMILES string of the molecule is CCNC(=NCC1(CCOC)CCCC1)NCCc1ccncc1C. The van der Waals surface area contributed by atoms with Gasteiger partial charge in [-0.1, -0.05) is 12.8 Å². The van der Waals surface area contributed by atoms with Crippen molar-refractivity contribution in [3.05, 3.63) is 29.6 Å². The molecule has 0 aliphatic heterocycles. The number of nitrogens with zero attached hydrogens (tertiary/aromatic N) is 2. The Morgan fingerprint density at radius 3 is 2.80 bits per heavy atom. The molecule has 1 aromatic heterocycles. The number of rotatable bonds is 9. The van der Waals surface area contributed by atoms with E-state index in [-0.39, 0.29) is 0 Å². The molecule has 0 aromatic carbocycles. The smallest absolute Gasteiger partial charge is 0.191 e. The summed E-state index contributed by atoms with van der Waals surface area (Å²) in [6.07, 6.45) is 11.1. The van der Waals surface area contributed by atoms with Crippen molar-refractivity contribution in [1.29, 1.82) is 0 Å². The lowest BCUT2D eigenvalue weighted by molar-refractivity contribution is 0.141. The van der Waals surface area contributed by atoms with Gasteiger partial charge in [0.15, 0.2) is 5.96 Å². The first kappa shape index (κ1) is 19.7. The van der Waals surface area contributed by atoms with Crippen LogP contribution in [0.15, 0.2) is 23.5 Å². The third-order valence-corrected chi connectivity index (χ3v) is 5.24. The maximum atomic E-state index is 5.32. The molecule has 1 aliphatic rings. The van der Waals surface area contributed by atoms with Gasteiger partial charge in [-0.25, -0.2) is 0 Å². The van der Waals surface area contributed by atoms with Crippen LogP contribution in [0.4, 0.5) is 0 Å². The van der Waals surface area contributed by atoms with Crippen LogP contribution in [-0.4, -0.2) is 44.3 Å². The number of aliphatic imine (C=N–C) groups is 1. The summed E-state index contributed by atoms with van der Waals surface area (Å²) in [6.45, 7) is 7.70. The highest BCUT2D eigenvalue weighted by atomic mass is 16.5. The second-order valence-electron chi connectivity index (χ2n) is 7.12. The van der Waals surface area contributed by atoms with Crippen molar-refractivity contribution in [3.63, 3.8) is 0 Å². The summed E-state index contributed by atoms with van der Waals surface area (Å²) in [5, 5.41) is 6.86. The van der Waals surface area contributed by atoms with Crippen LogP contribution >= 0.6 is 0 Å². The summed E-state index contributed by atoms with van der Waals surface area (Å²) >= 11 is 0. The molecule has 0 atom stereocenters. The molecular formula is C20H34N4O. The maximum Gasteiger partial charge on any atom is 0.191 e. The number of guanidine groups is 1. The fourth-order valence-corrected chi connectivity index (χ4v) is 3.62. The van der Waals surface area contributed by atoms with Gasteiger partial charge >= 0.3 is 0 Å². The van der Waals surface area contributed by atoms with E-state index in [1.165, 1.54) is 36.8 Å². The first-order valence-electron chi connectivity index (χ1n) is 9.60. The van der Waals surface area contributed by atoms with Crippen LogP contribution in [0.5, 0.6) is 0 Å². The van der Waals surface area contributed by atoms with Crippen molar-refractivity contribution in [2.75, 3.05) is 33.4 Å². The van der Waals surface area contributed by atoms with E-state index in [0.29, 0.717) is 5.41 Å². The Morgan fingerprint density at radius 2 is 2.12 bits per heavy atom. The molecule has 0 bridgehead atoms. The summed E-state index contributed by atoms with van der Waals surface area (Å²) in [6, 6.07) is 2.10. The molecule has 2 rings (SSSR count). The zero-order chi connectivity index (χ0) is 18.0. The second kappa shape index (κ2) is 10.4. The van der Waals surface area contributed by atoms with E-state index in [1.54, 1.807) is 7.11 Å². The molecule has 0 saturated heterocycles. The van der Waals surface area contributed by atoms with Crippen molar-refractivity contribution in [2.24, 2.45) is 10.4 Å². The third kappa shape index (κ3) is 6.31. The number of nitrogens with one attached hydrogen (secondary N) is 2. The van der Waals surface area contributed by atoms with E-state index < -0.39 is 0 Å². The first-order valence-corrected chi connectivity index (χ1v) is 9.60. The molecule has 1 heterocycles. The highest BCUT2D eigenvalue weighted by Gasteiger charge is 2.33. The number of hydrogen-bond donors (Lipinski definition) is 2. The Balaban J connectivity index is 1.89. The third-order valence-electron chi connectivity index (χ3n) is 5.24. The molecule has 5 nitrogen and oxygen atoms in total. The second-order valence-corrected chi connectivity index (χ2v) is 7.12. The van der Waals surface area contributed by atoms with Crippen LogP contribution in [-0.2, 0) is 11.2 Å². The molecule has 1 saturated carbocycles. The van der Waals surface area contributed by atoms with E-state index in [4.69, 9.17) is 9.73 Å². The van der Waals surface area contributed by atoms with Crippen LogP contribution in [0, 0.1) is 12.3 Å². The fraction of sp³-hybridized carbons (Fsp3) is 0.700. The summed E-state index contributed by atoms with van der Waals surface area (Å²) in [5.41, 5.74) is 2.92. The Morgan fingerprint density at radius 1 is 1.32 bits per heavy atom. The minimum Gasteiger partial charge on any atom is -0.385 e. The first-order chi connectivity index (χ1) is 12.2. The Bertz CT molecular complexity index is 538. The lowest BCUT2D eigenvalue weighted by Crippen LogP contribution is -2.39. The summed E-state index contributed by atoms with van der Waals surface area (Å²) in [7, 11) is 1.79. The van der Waals surface area contributed by atoms with Crippen molar-refractivity contribution < 1.29 is 4.74 Å². The Hall–Kier alpha value is -1.62. The van der Waals surface area contributed by atoms with Gasteiger partial charge in [0.2, 0.25) is 0 Å². The van der Waals surface area contributed by atoms with Gasteiger partial charge in [0.05, 0.1) is 0 Å². The number of methoxy groups -OCH3 is 1. The quantitative estimate of drug-likeness (QED) is 0.533. The molecule has 5 heteroatoms. The van der Waals surface area contributed by atoms with E-state index in [2.05, 4.69) is 35.5 Å².